The monoisotopic (exact) mass is 376 g/mol. The summed E-state index contributed by atoms with van der Waals surface area (Å²) in [4.78, 5) is 20.9. The fourth-order valence-electron chi connectivity index (χ4n) is 2.92. The molecule has 7 heteroatoms. The average Bonchev–Trinajstić information content (AvgIpc) is 2.70. The van der Waals surface area contributed by atoms with Crippen molar-refractivity contribution in [1.82, 2.24) is 9.97 Å². The number of rotatable bonds is 4. The SMILES string of the molecule is Cc1ccc(Nc2cnc(C(=O)Nc3ccc4c(c3)OCCO4)cn2)c(C)c1. The van der Waals surface area contributed by atoms with Crippen molar-refractivity contribution in [2.75, 3.05) is 23.8 Å². The van der Waals surface area contributed by atoms with E-state index in [1.165, 1.54) is 18.0 Å². The van der Waals surface area contributed by atoms with Gasteiger partial charge in [0, 0.05) is 17.4 Å². The maximum absolute atomic E-state index is 12.4. The highest BCUT2D eigenvalue weighted by molar-refractivity contribution is 6.02. The molecule has 3 aromatic rings. The molecule has 28 heavy (non-hydrogen) atoms. The van der Waals surface area contributed by atoms with E-state index < -0.39 is 0 Å². The molecule has 2 heterocycles. The van der Waals surface area contributed by atoms with Crippen molar-refractivity contribution in [3.8, 4) is 11.5 Å². The summed E-state index contributed by atoms with van der Waals surface area (Å²) in [6, 6.07) is 11.4. The number of hydrogen-bond acceptors (Lipinski definition) is 6. The molecule has 2 N–H and O–H groups in total. The molecule has 1 aromatic heterocycles. The number of carbonyl (C=O) groups is 1. The Labute approximate surface area is 162 Å². The van der Waals surface area contributed by atoms with E-state index in [-0.39, 0.29) is 11.6 Å². The molecule has 1 amide bonds. The summed E-state index contributed by atoms with van der Waals surface area (Å²) < 4.78 is 11.0. The summed E-state index contributed by atoms with van der Waals surface area (Å²) in [5.41, 5.74) is 4.09. The first-order valence-corrected chi connectivity index (χ1v) is 8.96. The molecule has 0 saturated carbocycles. The zero-order valence-electron chi connectivity index (χ0n) is 15.7. The number of benzene rings is 2. The number of aryl methyl sites for hydroxylation is 2. The number of hydrogen-bond donors (Lipinski definition) is 2. The van der Waals surface area contributed by atoms with Crippen LogP contribution in [0.1, 0.15) is 21.6 Å². The largest absolute Gasteiger partial charge is 0.486 e. The molecule has 142 valence electrons. The van der Waals surface area contributed by atoms with Crippen molar-refractivity contribution in [2.45, 2.75) is 13.8 Å². The minimum absolute atomic E-state index is 0.223. The standard InChI is InChI=1S/C21H20N4O3/c1-13-3-5-16(14(2)9-13)25-20-12-22-17(11-23-20)21(26)24-15-4-6-18-19(10-15)28-8-7-27-18/h3-6,9-12H,7-8H2,1-2H3,(H,23,25)(H,24,26). The lowest BCUT2D eigenvalue weighted by Crippen LogP contribution is -2.17. The van der Waals surface area contributed by atoms with Crippen LogP contribution in [-0.2, 0) is 0 Å². The van der Waals surface area contributed by atoms with Crippen LogP contribution in [-0.4, -0.2) is 29.1 Å². The van der Waals surface area contributed by atoms with E-state index in [4.69, 9.17) is 9.47 Å². The summed E-state index contributed by atoms with van der Waals surface area (Å²) in [6.45, 7) is 5.09. The van der Waals surface area contributed by atoms with Gasteiger partial charge in [-0.2, -0.15) is 0 Å². The van der Waals surface area contributed by atoms with E-state index in [9.17, 15) is 4.79 Å². The Morgan fingerprint density at radius 2 is 1.79 bits per heavy atom. The van der Waals surface area contributed by atoms with Gasteiger partial charge < -0.3 is 20.1 Å². The van der Waals surface area contributed by atoms with Crippen molar-refractivity contribution in [3.63, 3.8) is 0 Å². The van der Waals surface area contributed by atoms with Crippen LogP contribution in [0.2, 0.25) is 0 Å². The van der Waals surface area contributed by atoms with Crippen LogP contribution in [0.15, 0.2) is 48.8 Å². The van der Waals surface area contributed by atoms with Gasteiger partial charge in [-0.1, -0.05) is 17.7 Å². The second-order valence-electron chi connectivity index (χ2n) is 6.54. The Kier molecular flexibility index (Phi) is 4.80. The zero-order valence-corrected chi connectivity index (χ0v) is 15.7. The number of carbonyl (C=O) groups excluding carboxylic acids is 1. The van der Waals surface area contributed by atoms with Crippen LogP contribution < -0.4 is 20.1 Å². The van der Waals surface area contributed by atoms with Crippen molar-refractivity contribution < 1.29 is 14.3 Å². The number of aromatic nitrogens is 2. The topological polar surface area (TPSA) is 85.4 Å². The normalized spacial score (nSPS) is 12.4. The molecule has 0 spiro atoms. The number of nitrogens with zero attached hydrogens (tertiary/aromatic N) is 2. The first kappa shape index (κ1) is 17.8. The Bertz CT molecular complexity index is 1020. The van der Waals surface area contributed by atoms with Crippen LogP contribution >= 0.6 is 0 Å². The number of anilines is 3. The minimum atomic E-state index is -0.345. The molecule has 1 aliphatic heterocycles. The molecule has 1 aliphatic rings. The average molecular weight is 376 g/mol. The van der Waals surface area contributed by atoms with Crippen LogP contribution in [0.4, 0.5) is 17.2 Å². The molecular weight excluding hydrogens is 356 g/mol. The van der Waals surface area contributed by atoms with Gasteiger partial charge in [0.2, 0.25) is 0 Å². The van der Waals surface area contributed by atoms with Crippen LogP contribution in [0.5, 0.6) is 11.5 Å². The van der Waals surface area contributed by atoms with Gasteiger partial charge in [0.25, 0.3) is 5.91 Å². The molecule has 0 atom stereocenters. The van der Waals surface area contributed by atoms with Gasteiger partial charge in [-0.05, 0) is 37.6 Å². The minimum Gasteiger partial charge on any atom is -0.486 e. The van der Waals surface area contributed by atoms with E-state index in [1.807, 2.05) is 26.0 Å². The first-order chi connectivity index (χ1) is 13.6. The van der Waals surface area contributed by atoms with E-state index in [0.717, 1.165) is 11.3 Å². The van der Waals surface area contributed by atoms with Gasteiger partial charge in [0.15, 0.2) is 11.5 Å². The van der Waals surface area contributed by atoms with Crippen molar-refractivity contribution in [2.24, 2.45) is 0 Å². The molecule has 0 radical (unpaired) electrons. The van der Waals surface area contributed by atoms with Gasteiger partial charge in [-0.25, -0.2) is 9.97 Å². The summed E-state index contributed by atoms with van der Waals surface area (Å²) in [6.07, 6.45) is 2.98. The highest BCUT2D eigenvalue weighted by Crippen LogP contribution is 2.32. The molecule has 7 nitrogen and oxygen atoms in total. The predicted octanol–water partition coefficient (Wildman–Crippen LogP) is 3.86. The number of amides is 1. The fourth-order valence-corrected chi connectivity index (χ4v) is 2.92. The Hall–Kier alpha value is -3.61. The van der Waals surface area contributed by atoms with Gasteiger partial charge in [0.1, 0.15) is 24.7 Å². The van der Waals surface area contributed by atoms with Crippen LogP contribution in [0, 0.1) is 13.8 Å². The number of ether oxygens (including phenoxy) is 2. The van der Waals surface area contributed by atoms with Crippen LogP contribution in [0.25, 0.3) is 0 Å². The first-order valence-electron chi connectivity index (χ1n) is 8.96. The molecule has 4 rings (SSSR count). The van der Waals surface area contributed by atoms with Gasteiger partial charge in [-0.15, -0.1) is 0 Å². The Morgan fingerprint density at radius 1 is 0.964 bits per heavy atom. The lowest BCUT2D eigenvalue weighted by Gasteiger charge is -2.18. The molecule has 0 bridgehead atoms. The zero-order chi connectivity index (χ0) is 19.5. The lowest BCUT2D eigenvalue weighted by atomic mass is 10.1. The third-order valence-corrected chi connectivity index (χ3v) is 4.33. The molecule has 0 saturated heterocycles. The van der Waals surface area contributed by atoms with Crippen LogP contribution in [0.3, 0.4) is 0 Å². The summed E-state index contributed by atoms with van der Waals surface area (Å²) in [7, 11) is 0. The second kappa shape index (κ2) is 7.56. The summed E-state index contributed by atoms with van der Waals surface area (Å²) >= 11 is 0. The van der Waals surface area contributed by atoms with Gasteiger partial charge >= 0.3 is 0 Å². The van der Waals surface area contributed by atoms with Crippen molar-refractivity contribution in [3.05, 3.63) is 65.6 Å². The molecule has 0 unspecified atom stereocenters. The predicted molar refractivity (Wildman–Crippen MR) is 107 cm³/mol. The van der Waals surface area contributed by atoms with E-state index >= 15 is 0 Å². The van der Waals surface area contributed by atoms with E-state index in [1.54, 1.807) is 18.2 Å². The molecule has 2 aromatic carbocycles. The highest BCUT2D eigenvalue weighted by atomic mass is 16.6. The third-order valence-electron chi connectivity index (χ3n) is 4.33. The number of nitrogens with one attached hydrogen (secondary N) is 2. The Morgan fingerprint density at radius 3 is 2.54 bits per heavy atom. The lowest BCUT2D eigenvalue weighted by molar-refractivity contribution is 0.102. The van der Waals surface area contributed by atoms with Crippen molar-refractivity contribution in [1.29, 1.82) is 0 Å². The molecule has 0 aliphatic carbocycles. The number of fused-ring (bicyclic) bond motifs is 1. The smallest absolute Gasteiger partial charge is 0.275 e. The molecule has 0 fully saturated rings. The highest BCUT2D eigenvalue weighted by Gasteiger charge is 2.14. The van der Waals surface area contributed by atoms with E-state index in [0.29, 0.717) is 36.2 Å². The summed E-state index contributed by atoms with van der Waals surface area (Å²) in [5.74, 6) is 1.51. The van der Waals surface area contributed by atoms with Gasteiger partial charge in [-0.3, -0.25) is 4.79 Å². The van der Waals surface area contributed by atoms with Gasteiger partial charge in [0.05, 0.1) is 12.4 Å². The van der Waals surface area contributed by atoms with Crippen molar-refractivity contribution >= 4 is 23.1 Å². The maximum Gasteiger partial charge on any atom is 0.275 e. The summed E-state index contributed by atoms with van der Waals surface area (Å²) in [5, 5.41) is 6.01. The Balaban J connectivity index is 1.44. The fraction of sp³-hybridized carbons (Fsp3) is 0.190. The quantitative estimate of drug-likeness (QED) is 0.719. The molecular formula is C21H20N4O3. The maximum atomic E-state index is 12.4. The second-order valence-corrected chi connectivity index (χ2v) is 6.54. The third kappa shape index (κ3) is 3.88. The van der Waals surface area contributed by atoms with E-state index in [2.05, 4.69) is 26.7 Å².